The second kappa shape index (κ2) is 6.55. The van der Waals surface area contributed by atoms with Crippen LogP contribution in [-0.2, 0) is 11.2 Å². The van der Waals surface area contributed by atoms with Crippen molar-refractivity contribution in [2.45, 2.75) is 45.4 Å². The smallest absolute Gasteiger partial charge is 0.226 e. The first kappa shape index (κ1) is 15.1. The Morgan fingerprint density at radius 1 is 1.23 bits per heavy atom. The average Bonchev–Trinajstić information content (AvgIpc) is 2.84. The molecule has 1 fully saturated rings. The summed E-state index contributed by atoms with van der Waals surface area (Å²) in [5, 5.41) is 1.18. The van der Waals surface area contributed by atoms with Gasteiger partial charge >= 0.3 is 0 Å². The van der Waals surface area contributed by atoms with Crippen LogP contribution in [0.1, 0.15) is 43.4 Å². The molecule has 0 saturated heterocycles. The molecular weight excluding hydrogens is 272 g/mol. The highest BCUT2D eigenvalue weighted by Crippen LogP contribution is 2.25. The summed E-state index contributed by atoms with van der Waals surface area (Å²) in [7, 11) is 1.96. The van der Waals surface area contributed by atoms with E-state index in [9.17, 15) is 4.79 Å². The number of aryl methyl sites for hydroxylation is 1. The first-order valence-electron chi connectivity index (χ1n) is 8.45. The number of carbonyl (C=O) groups excluding carboxylic acids is 1. The van der Waals surface area contributed by atoms with Gasteiger partial charge in [-0.05, 0) is 37.3 Å². The molecular formula is C19H26N2O. The van der Waals surface area contributed by atoms with E-state index in [1.807, 2.05) is 24.1 Å². The van der Waals surface area contributed by atoms with Crippen molar-refractivity contribution >= 4 is 16.8 Å². The van der Waals surface area contributed by atoms with E-state index in [0.717, 1.165) is 23.3 Å². The van der Waals surface area contributed by atoms with Crippen LogP contribution < -0.4 is 0 Å². The molecule has 1 saturated carbocycles. The topological polar surface area (TPSA) is 36.1 Å². The lowest BCUT2D eigenvalue weighted by molar-refractivity contribution is -0.129. The van der Waals surface area contributed by atoms with Crippen LogP contribution >= 0.6 is 0 Å². The van der Waals surface area contributed by atoms with E-state index in [0.29, 0.717) is 12.3 Å². The molecule has 22 heavy (non-hydrogen) atoms. The molecule has 1 aromatic heterocycles. The molecule has 3 rings (SSSR count). The van der Waals surface area contributed by atoms with Gasteiger partial charge in [0.05, 0.1) is 6.42 Å². The highest BCUT2D eigenvalue weighted by molar-refractivity contribution is 5.90. The lowest BCUT2D eigenvalue weighted by atomic mass is 9.89. The number of hydrogen-bond donors (Lipinski definition) is 1. The summed E-state index contributed by atoms with van der Waals surface area (Å²) in [5.41, 5.74) is 3.38. The van der Waals surface area contributed by atoms with Crippen LogP contribution in [0.15, 0.2) is 24.3 Å². The number of fused-ring (bicyclic) bond motifs is 1. The number of benzene rings is 1. The predicted octanol–water partition coefficient (Wildman–Crippen LogP) is 4.06. The van der Waals surface area contributed by atoms with Crippen LogP contribution in [0.2, 0.25) is 0 Å². The van der Waals surface area contributed by atoms with Crippen LogP contribution in [0.5, 0.6) is 0 Å². The molecule has 1 amide bonds. The van der Waals surface area contributed by atoms with Gasteiger partial charge < -0.3 is 9.88 Å². The zero-order valence-corrected chi connectivity index (χ0v) is 13.7. The van der Waals surface area contributed by atoms with Crippen molar-refractivity contribution in [3.63, 3.8) is 0 Å². The van der Waals surface area contributed by atoms with Crippen LogP contribution in [0.3, 0.4) is 0 Å². The van der Waals surface area contributed by atoms with E-state index in [1.54, 1.807) is 0 Å². The van der Waals surface area contributed by atoms with E-state index < -0.39 is 0 Å². The lowest BCUT2D eigenvalue weighted by Crippen LogP contribution is -2.33. The number of hydrogen-bond acceptors (Lipinski definition) is 1. The summed E-state index contributed by atoms with van der Waals surface area (Å²) >= 11 is 0. The van der Waals surface area contributed by atoms with Crippen molar-refractivity contribution in [1.82, 2.24) is 9.88 Å². The van der Waals surface area contributed by atoms with Crippen molar-refractivity contribution in [1.29, 1.82) is 0 Å². The quantitative estimate of drug-likeness (QED) is 0.908. The third kappa shape index (κ3) is 3.18. The molecule has 0 aliphatic heterocycles. The molecule has 1 N–H and O–H groups in total. The molecule has 1 aliphatic rings. The maximum Gasteiger partial charge on any atom is 0.226 e. The Labute approximate surface area is 132 Å². The molecule has 3 nitrogen and oxygen atoms in total. The van der Waals surface area contributed by atoms with Gasteiger partial charge in [-0.1, -0.05) is 37.5 Å². The first-order chi connectivity index (χ1) is 10.6. The maximum absolute atomic E-state index is 12.6. The highest BCUT2D eigenvalue weighted by atomic mass is 16.2. The SMILES string of the molecule is Cc1[nH]c2ccccc2c1CC(=O)N(C)CC1CCCCC1. The molecule has 1 aromatic carbocycles. The van der Waals surface area contributed by atoms with Crippen molar-refractivity contribution in [2.24, 2.45) is 5.92 Å². The standard InChI is InChI=1S/C19H26N2O/c1-14-17(16-10-6-7-11-18(16)20-14)12-19(22)21(2)13-15-8-4-3-5-9-15/h6-7,10-11,15,20H,3-5,8-9,12-13H2,1-2H3. The fourth-order valence-corrected chi connectivity index (χ4v) is 3.71. The van der Waals surface area contributed by atoms with Gasteiger partial charge in [0, 0.05) is 30.2 Å². The second-order valence-electron chi connectivity index (χ2n) is 6.73. The maximum atomic E-state index is 12.6. The number of H-pyrrole nitrogens is 1. The van der Waals surface area contributed by atoms with Crippen molar-refractivity contribution < 1.29 is 4.79 Å². The Morgan fingerprint density at radius 2 is 1.95 bits per heavy atom. The summed E-state index contributed by atoms with van der Waals surface area (Å²) in [5.74, 6) is 0.935. The third-order valence-corrected chi connectivity index (χ3v) is 5.04. The average molecular weight is 298 g/mol. The van der Waals surface area contributed by atoms with Gasteiger partial charge in [-0.25, -0.2) is 0 Å². The van der Waals surface area contributed by atoms with E-state index in [2.05, 4.69) is 24.0 Å². The second-order valence-corrected chi connectivity index (χ2v) is 6.73. The Balaban J connectivity index is 1.68. The molecule has 0 spiro atoms. The molecule has 1 heterocycles. The van der Waals surface area contributed by atoms with Gasteiger partial charge in [0.2, 0.25) is 5.91 Å². The Kier molecular flexibility index (Phi) is 4.51. The Hall–Kier alpha value is -1.77. The number of nitrogens with zero attached hydrogens (tertiary/aromatic N) is 1. The largest absolute Gasteiger partial charge is 0.358 e. The molecule has 0 radical (unpaired) electrons. The monoisotopic (exact) mass is 298 g/mol. The number of amides is 1. The molecule has 0 unspecified atom stereocenters. The molecule has 0 atom stereocenters. The fourth-order valence-electron chi connectivity index (χ4n) is 3.71. The number of aromatic amines is 1. The van der Waals surface area contributed by atoms with Gasteiger partial charge in [0.15, 0.2) is 0 Å². The lowest BCUT2D eigenvalue weighted by Gasteiger charge is -2.27. The van der Waals surface area contributed by atoms with Gasteiger partial charge in [-0.15, -0.1) is 0 Å². The summed E-state index contributed by atoms with van der Waals surface area (Å²) in [6.45, 7) is 2.98. The van der Waals surface area contributed by atoms with E-state index in [1.165, 1.54) is 37.5 Å². The van der Waals surface area contributed by atoms with Gasteiger partial charge in [0.1, 0.15) is 0 Å². The Bertz CT molecular complexity index is 652. The van der Waals surface area contributed by atoms with Crippen molar-refractivity contribution in [3.8, 4) is 0 Å². The van der Waals surface area contributed by atoms with E-state index >= 15 is 0 Å². The zero-order chi connectivity index (χ0) is 15.5. The number of aromatic nitrogens is 1. The van der Waals surface area contributed by atoms with Gasteiger partial charge in [0.25, 0.3) is 0 Å². The third-order valence-electron chi connectivity index (χ3n) is 5.04. The minimum Gasteiger partial charge on any atom is -0.358 e. The normalized spacial score (nSPS) is 16.1. The number of para-hydroxylation sites is 1. The van der Waals surface area contributed by atoms with Crippen LogP contribution in [0.25, 0.3) is 10.9 Å². The molecule has 0 bridgehead atoms. The fraction of sp³-hybridized carbons (Fsp3) is 0.526. The van der Waals surface area contributed by atoms with E-state index in [-0.39, 0.29) is 5.91 Å². The van der Waals surface area contributed by atoms with Crippen molar-refractivity contribution in [2.75, 3.05) is 13.6 Å². The molecule has 118 valence electrons. The van der Waals surface area contributed by atoms with Crippen LogP contribution in [0, 0.1) is 12.8 Å². The summed E-state index contributed by atoms with van der Waals surface area (Å²) in [6.07, 6.45) is 7.08. The first-order valence-corrected chi connectivity index (χ1v) is 8.45. The number of likely N-dealkylation sites (N-methyl/N-ethyl adjacent to an activating group) is 1. The summed E-state index contributed by atoms with van der Waals surface area (Å²) < 4.78 is 0. The summed E-state index contributed by atoms with van der Waals surface area (Å²) in [6, 6.07) is 8.24. The highest BCUT2D eigenvalue weighted by Gasteiger charge is 2.20. The minimum atomic E-state index is 0.235. The van der Waals surface area contributed by atoms with E-state index in [4.69, 9.17) is 0 Å². The Morgan fingerprint density at radius 3 is 2.73 bits per heavy atom. The molecule has 2 aromatic rings. The number of rotatable bonds is 4. The van der Waals surface area contributed by atoms with Crippen LogP contribution in [-0.4, -0.2) is 29.4 Å². The molecule has 1 aliphatic carbocycles. The van der Waals surface area contributed by atoms with Gasteiger partial charge in [-0.3, -0.25) is 4.79 Å². The number of carbonyl (C=O) groups is 1. The molecule has 3 heteroatoms. The number of nitrogens with one attached hydrogen (secondary N) is 1. The minimum absolute atomic E-state index is 0.235. The zero-order valence-electron chi connectivity index (χ0n) is 13.7. The van der Waals surface area contributed by atoms with Crippen molar-refractivity contribution in [3.05, 3.63) is 35.5 Å². The predicted molar refractivity (Wildman–Crippen MR) is 91.0 cm³/mol. The van der Waals surface area contributed by atoms with Crippen LogP contribution in [0.4, 0.5) is 0 Å². The summed E-state index contributed by atoms with van der Waals surface area (Å²) in [4.78, 5) is 17.9. The van der Waals surface area contributed by atoms with Gasteiger partial charge in [-0.2, -0.15) is 0 Å².